The van der Waals surface area contributed by atoms with Gasteiger partial charge in [-0.2, -0.15) is 0 Å². The van der Waals surface area contributed by atoms with Gasteiger partial charge in [0.1, 0.15) is 0 Å². The first-order valence-corrected chi connectivity index (χ1v) is 6.46. The average Bonchev–Trinajstić information content (AvgIpc) is 2.41. The third kappa shape index (κ3) is 3.24. The highest BCUT2D eigenvalue weighted by atomic mass is 16.4. The van der Waals surface area contributed by atoms with E-state index in [2.05, 4.69) is 5.32 Å². The number of carboxylic acids is 1. The molecule has 0 saturated heterocycles. The van der Waals surface area contributed by atoms with E-state index in [1.54, 1.807) is 24.3 Å². The molecule has 0 aliphatic heterocycles. The molecule has 0 radical (unpaired) electrons. The molecule has 1 aliphatic carbocycles. The Morgan fingerprint density at radius 3 is 2.58 bits per heavy atom. The lowest BCUT2D eigenvalue weighted by atomic mass is 9.81. The number of rotatable bonds is 3. The van der Waals surface area contributed by atoms with Crippen LogP contribution in [0.25, 0.3) is 0 Å². The summed E-state index contributed by atoms with van der Waals surface area (Å²) in [6.45, 7) is 0. The molecule has 0 bridgehead atoms. The van der Waals surface area contributed by atoms with Crippen molar-refractivity contribution in [2.24, 2.45) is 11.8 Å². The molecule has 102 valence electrons. The van der Waals surface area contributed by atoms with E-state index in [1.165, 1.54) is 0 Å². The number of anilines is 2. The van der Waals surface area contributed by atoms with Gasteiger partial charge in [-0.25, -0.2) is 0 Å². The Balaban J connectivity index is 2.00. The lowest BCUT2D eigenvalue weighted by molar-refractivity contribution is -0.143. The van der Waals surface area contributed by atoms with E-state index in [0.29, 0.717) is 24.2 Å². The Morgan fingerprint density at radius 2 is 1.89 bits per heavy atom. The number of para-hydroxylation sites is 2. The molecule has 5 nitrogen and oxygen atoms in total. The predicted molar refractivity (Wildman–Crippen MR) is 72.6 cm³/mol. The number of nitrogen functional groups attached to an aromatic ring is 1. The minimum Gasteiger partial charge on any atom is -0.481 e. The molecule has 5 heteroatoms. The number of nitrogens with one attached hydrogen (secondary N) is 1. The first kappa shape index (κ1) is 13.4. The number of carboxylic acid groups (broad SMARTS) is 1. The van der Waals surface area contributed by atoms with Crippen molar-refractivity contribution in [2.75, 3.05) is 11.1 Å². The van der Waals surface area contributed by atoms with Crippen LogP contribution in [0.15, 0.2) is 24.3 Å². The second-order valence-electron chi connectivity index (χ2n) is 4.98. The van der Waals surface area contributed by atoms with Crippen LogP contribution in [0, 0.1) is 11.8 Å². The van der Waals surface area contributed by atoms with E-state index in [9.17, 15) is 9.59 Å². The van der Waals surface area contributed by atoms with Crippen molar-refractivity contribution in [1.29, 1.82) is 0 Å². The highest BCUT2D eigenvalue weighted by Gasteiger charge is 2.31. The molecular weight excluding hydrogens is 244 g/mol. The number of carbonyl (C=O) groups excluding carboxylic acids is 1. The van der Waals surface area contributed by atoms with Gasteiger partial charge < -0.3 is 16.2 Å². The maximum absolute atomic E-state index is 12.1. The van der Waals surface area contributed by atoms with Crippen LogP contribution in [0.3, 0.4) is 0 Å². The highest BCUT2D eigenvalue weighted by molar-refractivity contribution is 5.95. The first-order chi connectivity index (χ1) is 9.08. The molecule has 1 aliphatic rings. The zero-order valence-electron chi connectivity index (χ0n) is 10.6. The quantitative estimate of drug-likeness (QED) is 0.727. The van der Waals surface area contributed by atoms with E-state index in [4.69, 9.17) is 10.8 Å². The molecule has 1 amide bonds. The minimum atomic E-state index is -0.809. The molecule has 0 heterocycles. The molecule has 2 atom stereocenters. The lowest BCUT2D eigenvalue weighted by Crippen LogP contribution is -2.31. The summed E-state index contributed by atoms with van der Waals surface area (Å²) in [6, 6.07) is 7.06. The van der Waals surface area contributed by atoms with Gasteiger partial charge >= 0.3 is 5.97 Å². The number of hydrogen-bond acceptors (Lipinski definition) is 3. The van der Waals surface area contributed by atoms with Gasteiger partial charge in [0, 0.05) is 5.92 Å². The van der Waals surface area contributed by atoms with E-state index >= 15 is 0 Å². The molecule has 4 N–H and O–H groups in total. The van der Waals surface area contributed by atoms with Gasteiger partial charge in [-0.15, -0.1) is 0 Å². The zero-order valence-corrected chi connectivity index (χ0v) is 10.6. The Labute approximate surface area is 111 Å². The van der Waals surface area contributed by atoms with E-state index in [-0.39, 0.29) is 11.8 Å². The van der Waals surface area contributed by atoms with Crippen LogP contribution < -0.4 is 11.1 Å². The van der Waals surface area contributed by atoms with E-state index < -0.39 is 11.9 Å². The van der Waals surface area contributed by atoms with Crippen LogP contribution >= 0.6 is 0 Å². The van der Waals surface area contributed by atoms with Crippen LogP contribution in [0.1, 0.15) is 25.7 Å². The fourth-order valence-corrected chi connectivity index (χ4v) is 2.50. The molecule has 2 unspecified atom stereocenters. The standard InChI is InChI=1S/C14H18N2O3/c15-11-6-1-2-7-12(11)16-13(17)9-4-3-5-10(8-9)14(18)19/h1-2,6-7,9-10H,3-5,8,15H2,(H,16,17)(H,18,19). The third-order valence-corrected chi connectivity index (χ3v) is 3.61. The Morgan fingerprint density at radius 1 is 1.21 bits per heavy atom. The number of aliphatic carboxylic acids is 1. The monoisotopic (exact) mass is 262 g/mol. The number of hydrogen-bond donors (Lipinski definition) is 3. The molecule has 1 aromatic rings. The van der Waals surface area contributed by atoms with Gasteiger partial charge in [-0.3, -0.25) is 9.59 Å². The van der Waals surface area contributed by atoms with Crippen molar-refractivity contribution in [2.45, 2.75) is 25.7 Å². The summed E-state index contributed by atoms with van der Waals surface area (Å²) in [5.74, 6) is -1.59. The number of nitrogens with two attached hydrogens (primary N) is 1. The molecule has 1 aromatic carbocycles. The van der Waals surface area contributed by atoms with Gasteiger partial charge in [0.05, 0.1) is 17.3 Å². The summed E-state index contributed by atoms with van der Waals surface area (Å²) >= 11 is 0. The Bertz CT molecular complexity index is 487. The predicted octanol–water partition coefficient (Wildman–Crippen LogP) is 2.10. The smallest absolute Gasteiger partial charge is 0.306 e. The van der Waals surface area contributed by atoms with Crippen LogP contribution in [0.4, 0.5) is 11.4 Å². The topological polar surface area (TPSA) is 92.4 Å². The van der Waals surface area contributed by atoms with Crippen molar-refractivity contribution in [1.82, 2.24) is 0 Å². The Kier molecular flexibility index (Phi) is 4.04. The van der Waals surface area contributed by atoms with Gasteiger partial charge in [-0.1, -0.05) is 18.6 Å². The van der Waals surface area contributed by atoms with Crippen molar-refractivity contribution in [3.05, 3.63) is 24.3 Å². The molecule has 19 heavy (non-hydrogen) atoms. The van der Waals surface area contributed by atoms with E-state index in [0.717, 1.165) is 12.8 Å². The summed E-state index contributed by atoms with van der Waals surface area (Å²) in [4.78, 5) is 23.1. The fraction of sp³-hybridized carbons (Fsp3) is 0.429. The maximum atomic E-state index is 12.1. The lowest BCUT2D eigenvalue weighted by Gasteiger charge is -2.25. The fourth-order valence-electron chi connectivity index (χ4n) is 2.50. The Hall–Kier alpha value is -2.04. The summed E-state index contributed by atoms with van der Waals surface area (Å²) in [7, 11) is 0. The van der Waals surface area contributed by atoms with Crippen molar-refractivity contribution in [3.8, 4) is 0 Å². The summed E-state index contributed by atoms with van der Waals surface area (Å²) in [5.41, 5.74) is 6.87. The second-order valence-corrected chi connectivity index (χ2v) is 4.98. The maximum Gasteiger partial charge on any atom is 0.306 e. The second kappa shape index (κ2) is 5.73. The molecule has 1 fully saturated rings. The van der Waals surface area contributed by atoms with Crippen molar-refractivity contribution in [3.63, 3.8) is 0 Å². The summed E-state index contributed by atoms with van der Waals surface area (Å²) < 4.78 is 0. The molecule has 0 aromatic heterocycles. The van der Waals surface area contributed by atoms with Gasteiger partial charge in [0.25, 0.3) is 0 Å². The van der Waals surface area contributed by atoms with Gasteiger partial charge in [0.15, 0.2) is 0 Å². The van der Waals surface area contributed by atoms with Gasteiger partial charge in [-0.05, 0) is 31.4 Å². The van der Waals surface area contributed by atoms with Crippen LogP contribution in [0.5, 0.6) is 0 Å². The minimum absolute atomic E-state index is 0.135. The molecule has 1 saturated carbocycles. The average molecular weight is 262 g/mol. The number of amides is 1. The van der Waals surface area contributed by atoms with Gasteiger partial charge in [0.2, 0.25) is 5.91 Å². The first-order valence-electron chi connectivity index (χ1n) is 6.46. The highest BCUT2D eigenvalue weighted by Crippen LogP contribution is 2.30. The van der Waals surface area contributed by atoms with Crippen molar-refractivity contribution < 1.29 is 14.7 Å². The van der Waals surface area contributed by atoms with Crippen LogP contribution in [-0.2, 0) is 9.59 Å². The number of carbonyl (C=O) groups is 2. The summed E-state index contributed by atoms with van der Waals surface area (Å²) in [6.07, 6.45) is 2.59. The van der Waals surface area contributed by atoms with Crippen LogP contribution in [-0.4, -0.2) is 17.0 Å². The zero-order chi connectivity index (χ0) is 13.8. The van der Waals surface area contributed by atoms with E-state index in [1.807, 2.05) is 0 Å². The SMILES string of the molecule is Nc1ccccc1NC(=O)C1CCCC(C(=O)O)C1. The third-order valence-electron chi connectivity index (χ3n) is 3.61. The molecule has 2 rings (SSSR count). The molecular formula is C14H18N2O3. The van der Waals surface area contributed by atoms with Crippen LogP contribution in [0.2, 0.25) is 0 Å². The molecule has 0 spiro atoms. The van der Waals surface area contributed by atoms with Crippen molar-refractivity contribution >= 4 is 23.3 Å². The largest absolute Gasteiger partial charge is 0.481 e. The normalized spacial score (nSPS) is 22.7. The summed E-state index contributed by atoms with van der Waals surface area (Å²) in [5, 5.41) is 11.8. The number of benzene rings is 1.